The molecule has 1 aromatic carbocycles. The molecule has 1 fully saturated rings. The van der Waals surface area contributed by atoms with E-state index in [1.165, 1.54) is 11.3 Å². The van der Waals surface area contributed by atoms with E-state index in [0.29, 0.717) is 0 Å². The molecular weight excluding hydrogens is 244 g/mol. The number of hydrogen-bond donors (Lipinski definition) is 0. The molecule has 0 atom stereocenters. The summed E-state index contributed by atoms with van der Waals surface area (Å²) >= 11 is 6.04. The zero-order valence-corrected chi connectivity index (χ0v) is 12.0. The van der Waals surface area contributed by atoms with E-state index in [0.717, 1.165) is 37.7 Å². The summed E-state index contributed by atoms with van der Waals surface area (Å²) in [4.78, 5) is 4.92. The van der Waals surface area contributed by atoms with E-state index in [4.69, 9.17) is 11.6 Å². The number of benzene rings is 1. The number of halogens is 1. The highest BCUT2D eigenvalue weighted by Gasteiger charge is 2.17. The van der Waals surface area contributed by atoms with E-state index in [1.807, 2.05) is 12.1 Å². The van der Waals surface area contributed by atoms with E-state index in [9.17, 15) is 0 Å². The van der Waals surface area contributed by atoms with Gasteiger partial charge in [-0.1, -0.05) is 29.3 Å². The maximum Gasteiger partial charge on any atom is 0.0426 e. The SMILES string of the molecule is C/C=C(\C)CN1CCN(c2cccc(Cl)c2)CC1. The first kappa shape index (κ1) is 13.4. The molecule has 0 radical (unpaired) electrons. The molecule has 0 saturated carbocycles. The Bertz CT molecular complexity index is 420. The lowest BCUT2D eigenvalue weighted by molar-refractivity contribution is 0.278. The molecule has 1 aliphatic heterocycles. The largest absolute Gasteiger partial charge is 0.369 e. The number of anilines is 1. The first-order valence-electron chi connectivity index (χ1n) is 6.53. The van der Waals surface area contributed by atoms with Crippen molar-refractivity contribution in [2.75, 3.05) is 37.6 Å². The Balaban J connectivity index is 1.90. The van der Waals surface area contributed by atoms with Crippen molar-refractivity contribution in [3.8, 4) is 0 Å². The summed E-state index contributed by atoms with van der Waals surface area (Å²) < 4.78 is 0. The van der Waals surface area contributed by atoms with E-state index >= 15 is 0 Å². The summed E-state index contributed by atoms with van der Waals surface area (Å²) in [5.74, 6) is 0. The van der Waals surface area contributed by atoms with E-state index in [1.54, 1.807) is 0 Å². The number of nitrogens with zero attached hydrogens (tertiary/aromatic N) is 2. The second-order valence-corrected chi connectivity index (χ2v) is 5.31. The topological polar surface area (TPSA) is 6.48 Å². The van der Waals surface area contributed by atoms with Crippen LogP contribution in [0.25, 0.3) is 0 Å². The van der Waals surface area contributed by atoms with Crippen molar-refractivity contribution in [2.24, 2.45) is 0 Å². The monoisotopic (exact) mass is 264 g/mol. The molecule has 0 unspecified atom stereocenters. The summed E-state index contributed by atoms with van der Waals surface area (Å²) in [7, 11) is 0. The third-order valence-corrected chi connectivity index (χ3v) is 3.75. The molecule has 1 heterocycles. The summed E-state index contributed by atoms with van der Waals surface area (Å²) in [6.07, 6.45) is 2.20. The van der Waals surface area contributed by atoms with Gasteiger partial charge in [-0.15, -0.1) is 0 Å². The molecule has 0 N–H and O–H groups in total. The van der Waals surface area contributed by atoms with Crippen LogP contribution in [0.2, 0.25) is 5.02 Å². The predicted octanol–water partition coefficient (Wildman–Crippen LogP) is 3.43. The Morgan fingerprint density at radius 1 is 1.28 bits per heavy atom. The summed E-state index contributed by atoms with van der Waals surface area (Å²) in [6, 6.07) is 8.14. The molecule has 3 heteroatoms. The number of allylic oxidation sites excluding steroid dienone is 1. The number of piperazine rings is 1. The van der Waals surface area contributed by atoms with Crippen LogP contribution >= 0.6 is 11.6 Å². The Kier molecular flexibility index (Phi) is 4.67. The molecule has 2 rings (SSSR count). The van der Waals surface area contributed by atoms with Gasteiger partial charge in [0, 0.05) is 43.4 Å². The highest BCUT2D eigenvalue weighted by Crippen LogP contribution is 2.20. The second kappa shape index (κ2) is 6.26. The van der Waals surface area contributed by atoms with Crippen LogP contribution < -0.4 is 4.90 Å². The fourth-order valence-corrected chi connectivity index (χ4v) is 2.47. The van der Waals surface area contributed by atoms with Crippen molar-refractivity contribution in [3.63, 3.8) is 0 Å². The Morgan fingerprint density at radius 2 is 2.00 bits per heavy atom. The zero-order valence-electron chi connectivity index (χ0n) is 11.2. The van der Waals surface area contributed by atoms with Crippen LogP contribution in [0.15, 0.2) is 35.9 Å². The van der Waals surface area contributed by atoms with Crippen LogP contribution in [0.1, 0.15) is 13.8 Å². The van der Waals surface area contributed by atoms with Gasteiger partial charge >= 0.3 is 0 Å². The van der Waals surface area contributed by atoms with E-state index in [2.05, 4.69) is 41.9 Å². The van der Waals surface area contributed by atoms with Gasteiger partial charge in [0.2, 0.25) is 0 Å². The highest BCUT2D eigenvalue weighted by atomic mass is 35.5. The van der Waals surface area contributed by atoms with E-state index < -0.39 is 0 Å². The van der Waals surface area contributed by atoms with Gasteiger partial charge in [0.15, 0.2) is 0 Å². The lowest BCUT2D eigenvalue weighted by atomic mass is 10.2. The van der Waals surface area contributed by atoms with Crippen molar-refractivity contribution >= 4 is 17.3 Å². The third-order valence-electron chi connectivity index (χ3n) is 3.51. The first-order chi connectivity index (χ1) is 8.69. The normalized spacial score (nSPS) is 18.2. The molecule has 18 heavy (non-hydrogen) atoms. The van der Waals surface area contributed by atoms with Gasteiger partial charge in [-0.2, -0.15) is 0 Å². The lowest BCUT2D eigenvalue weighted by Gasteiger charge is -2.36. The third kappa shape index (κ3) is 3.50. The fourth-order valence-electron chi connectivity index (χ4n) is 2.28. The minimum Gasteiger partial charge on any atom is -0.369 e. The second-order valence-electron chi connectivity index (χ2n) is 4.88. The fraction of sp³-hybridized carbons (Fsp3) is 0.467. The Morgan fingerprint density at radius 3 is 2.61 bits per heavy atom. The van der Waals surface area contributed by atoms with Crippen molar-refractivity contribution in [2.45, 2.75) is 13.8 Å². The molecule has 0 spiro atoms. The molecule has 0 aliphatic carbocycles. The zero-order chi connectivity index (χ0) is 13.0. The minimum atomic E-state index is 0.819. The van der Waals surface area contributed by atoms with Gasteiger partial charge < -0.3 is 4.90 Å². The first-order valence-corrected chi connectivity index (χ1v) is 6.91. The summed E-state index contributed by atoms with van der Waals surface area (Å²) in [6.45, 7) is 9.81. The summed E-state index contributed by atoms with van der Waals surface area (Å²) in [5.41, 5.74) is 2.69. The molecule has 1 aromatic rings. The number of hydrogen-bond acceptors (Lipinski definition) is 2. The van der Waals surface area contributed by atoms with Crippen LogP contribution in [0.5, 0.6) is 0 Å². The van der Waals surface area contributed by atoms with Gasteiger partial charge in [0.05, 0.1) is 0 Å². The molecule has 2 nitrogen and oxygen atoms in total. The van der Waals surface area contributed by atoms with Gasteiger partial charge in [-0.3, -0.25) is 4.90 Å². The predicted molar refractivity (Wildman–Crippen MR) is 79.5 cm³/mol. The van der Waals surface area contributed by atoms with Crippen molar-refractivity contribution in [1.29, 1.82) is 0 Å². The van der Waals surface area contributed by atoms with Crippen molar-refractivity contribution < 1.29 is 0 Å². The van der Waals surface area contributed by atoms with Gasteiger partial charge in [0.1, 0.15) is 0 Å². The highest BCUT2D eigenvalue weighted by molar-refractivity contribution is 6.30. The molecular formula is C15H21ClN2. The average molecular weight is 265 g/mol. The van der Waals surface area contributed by atoms with Crippen molar-refractivity contribution in [1.82, 2.24) is 4.90 Å². The summed E-state index contributed by atoms with van der Waals surface area (Å²) in [5, 5.41) is 0.819. The van der Waals surface area contributed by atoms with Gasteiger partial charge in [-0.25, -0.2) is 0 Å². The molecule has 1 saturated heterocycles. The van der Waals surface area contributed by atoms with Crippen LogP contribution in [-0.2, 0) is 0 Å². The van der Waals surface area contributed by atoms with Gasteiger partial charge in [-0.05, 0) is 32.0 Å². The number of rotatable bonds is 3. The van der Waals surface area contributed by atoms with E-state index in [-0.39, 0.29) is 0 Å². The van der Waals surface area contributed by atoms with Crippen LogP contribution in [0.3, 0.4) is 0 Å². The Labute approximate surface area is 115 Å². The molecule has 0 bridgehead atoms. The van der Waals surface area contributed by atoms with Crippen LogP contribution in [-0.4, -0.2) is 37.6 Å². The standard InChI is InChI=1S/C15H21ClN2/c1-3-13(2)12-17-7-9-18(10-8-17)15-6-4-5-14(16)11-15/h3-6,11H,7-10,12H2,1-2H3/b13-3+. The minimum absolute atomic E-state index is 0.819. The van der Waals surface area contributed by atoms with Crippen molar-refractivity contribution in [3.05, 3.63) is 40.9 Å². The lowest BCUT2D eigenvalue weighted by Crippen LogP contribution is -2.46. The smallest absolute Gasteiger partial charge is 0.0426 e. The molecule has 98 valence electrons. The Hall–Kier alpha value is -0.990. The quantitative estimate of drug-likeness (QED) is 0.772. The van der Waals surface area contributed by atoms with Crippen LogP contribution in [0.4, 0.5) is 5.69 Å². The average Bonchev–Trinajstić information content (AvgIpc) is 2.39. The maximum atomic E-state index is 6.04. The van der Waals surface area contributed by atoms with Crippen LogP contribution in [0, 0.1) is 0 Å². The molecule has 1 aliphatic rings. The molecule has 0 amide bonds. The molecule has 0 aromatic heterocycles. The van der Waals surface area contributed by atoms with Gasteiger partial charge in [0.25, 0.3) is 0 Å². The maximum absolute atomic E-state index is 6.04.